The van der Waals surface area contributed by atoms with Gasteiger partial charge in [0.1, 0.15) is 0 Å². The summed E-state index contributed by atoms with van der Waals surface area (Å²) in [5.74, 6) is -1.16. The number of carboxylic acid groups (broad SMARTS) is 1. The monoisotopic (exact) mass is 349 g/mol. The van der Waals surface area contributed by atoms with Gasteiger partial charge in [0.05, 0.1) is 17.1 Å². The van der Waals surface area contributed by atoms with Crippen LogP contribution >= 0.6 is 0 Å². The summed E-state index contributed by atoms with van der Waals surface area (Å²) in [7, 11) is -3.61. The molecule has 128 valence electrons. The lowest BCUT2D eigenvalue weighted by molar-refractivity contribution is -0.142. The summed E-state index contributed by atoms with van der Waals surface area (Å²) in [6, 6.07) is 6.34. The standard InChI is InChI=1S/C16H19N3O4S/c20-16(21)12-1-3-13(4-2-12)18-24(22,23)15-7-5-14(6-8-15)19-10-9-17-11-19/h5-13,18H,1-4H2,(H,20,21). The van der Waals surface area contributed by atoms with Gasteiger partial charge in [-0.25, -0.2) is 18.1 Å². The highest BCUT2D eigenvalue weighted by molar-refractivity contribution is 7.89. The predicted octanol–water partition coefficient (Wildman–Crippen LogP) is 1.79. The fourth-order valence-electron chi connectivity index (χ4n) is 2.95. The van der Waals surface area contributed by atoms with Crippen LogP contribution in [0.15, 0.2) is 47.9 Å². The molecule has 1 fully saturated rings. The van der Waals surface area contributed by atoms with Crippen molar-refractivity contribution in [2.75, 3.05) is 0 Å². The van der Waals surface area contributed by atoms with E-state index >= 15 is 0 Å². The molecule has 24 heavy (non-hydrogen) atoms. The number of nitrogens with one attached hydrogen (secondary N) is 1. The lowest BCUT2D eigenvalue weighted by Crippen LogP contribution is -2.38. The number of carboxylic acids is 1. The molecule has 2 N–H and O–H groups in total. The van der Waals surface area contributed by atoms with Gasteiger partial charge in [-0.2, -0.15) is 0 Å². The Bertz CT molecular complexity index is 792. The van der Waals surface area contributed by atoms with Crippen LogP contribution in [0.5, 0.6) is 0 Å². The second-order valence-corrected chi connectivity index (χ2v) is 7.69. The maximum Gasteiger partial charge on any atom is 0.306 e. The molecule has 1 aliphatic rings. The first-order chi connectivity index (χ1) is 11.5. The Balaban J connectivity index is 1.66. The van der Waals surface area contributed by atoms with Gasteiger partial charge in [0.15, 0.2) is 0 Å². The maximum atomic E-state index is 12.5. The van der Waals surface area contributed by atoms with E-state index in [2.05, 4.69) is 9.71 Å². The molecule has 1 aromatic heterocycles. The zero-order valence-corrected chi connectivity index (χ0v) is 13.8. The van der Waals surface area contributed by atoms with E-state index in [1.807, 2.05) is 0 Å². The molecule has 1 aromatic carbocycles. The number of aromatic nitrogens is 2. The molecule has 0 aliphatic heterocycles. The third-order valence-corrected chi connectivity index (χ3v) is 5.88. The van der Waals surface area contributed by atoms with Crippen LogP contribution in [-0.4, -0.2) is 35.1 Å². The molecule has 7 nitrogen and oxygen atoms in total. The first kappa shape index (κ1) is 16.7. The Labute approximate surface area is 140 Å². The lowest BCUT2D eigenvalue weighted by Gasteiger charge is -2.26. The Hall–Kier alpha value is -2.19. The van der Waals surface area contributed by atoms with E-state index in [9.17, 15) is 13.2 Å². The minimum Gasteiger partial charge on any atom is -0.481 e. The van der Waals surface area contributed by atoms with Crippen molar-refractivity contribution in [2.24, 2.45) is 5.92 Å². The summed E-state index contributed by atoms with van der Waals surface area (Å²) in [6.07, 6.45) is 7.17. The summed E-state index contributed by atoms with van der Waals surface area (Å²) in [6.45, 7) is 0. The number of rotatable bonds is 5. The van der Waals surface area contributed by atoms with Gasteiger partial charge in [-0.1, -0.05) is 0 Å². The van der Waals surface area contributed by atoms with Crippen molar-refractivity contribution in [3.8, 4) is 5.69 Å². The Morgan fingerprint density at radius 3 is 2.38 bits per heavy atom. The predicted molar refractivity (Wildman–Crippen MR) is 87.3 cm³/mol. The van der Waals surface area contributed by atoms with Gasteiger partial charge in [0, 0.05) is 24.1 Å². The molecule has 1 aliphatic carbocycles. The van der Waals surface area contributed by atoms with E-state index in [1.165, 1.54) is 0 Å². The summed E-state index contributed by atoms with van der Waals surface area (Å²) < 4.78 is 29.4. The quantitative estimate of drug-likeness (QED) is 0.857. The average Bonchev–Trinajstić information content (AvgIpc) is 3.09. The molecule has 3 rings (SSSR count). The highest BCUT2D eigenvalue weighted by Gasteiger charge is 2.28. The Kier molecular flexibility index (Phi) is 4.68. The number of hydrogen-bond acceptors (Lipinski definition) is 4. The van der Waals surface area contributed by atoms with Crippen LogP contribution < -0.4 is 4.72 Å². The van der Waals surface area contributed by atoms with Gasteiger partial charge in [-0.05, 0) is 49.9 Å². The minimum absolute atomic E-state index is 0.201. The summed E-state index contributed by atoms with van der Waals surface area (Å²) >= 11 is 0. The van der Waals surface area contributed by atoms with E-state index < -0.39 is 16.0 Å². The lowest BCUT2D eigenvalue weighted by atomic mass is 9.87. The van der Waals surface area contributed by atoms with E-state index in [1.54, 1.807) is 47.6 Å². The number of hydrogen-bond donors (Lipinski definition) is 2. The van der Waals surface area contributed by atoms with Crippen molar-refractivity contribution >= 4 is 16.0 Å². The summed E-state index contributed by atoms with van der Waals surface area (Å²) in [5.41, 5.74) is 0.827. The number of nitrogens with zero attached hydrogens (tertiary/aromatic N) is 2. The van der Waals surface area contributed by atoms with Crippen LogP contribution in [0.1, 0.15) is 25.7 Å². The molecule has 2 aromatic rings. The van der Waals surface area contributed by atoms with Crippen LogP contribution in [0.3, 0.4) is 0 Å². The molecule has 1 heterocycles. The molecule has 0 amide bonds. The second-order valence-electron chi connectivity index (χ2n) is 5.97. The van der Waals surface area contributed by atoms with Crippen molar-refractivity contribution in [1.82, 2.24) is 14.3 Å². The first-order valence-corrected chi connectivity index (χ1v) is 9.27. The van der Waals surface area contributed by atoms with Crippen molar-refractivity contribution in [3.05, 3.63) is 43.0 Å². The normalized spacial score (nSPS) is 21.5. The second kappa shape index (κ2) is 6.74. The van der Waals surface area contributed by atoms with E-state index in [-0.39, 0.29) is 16.9 Å². The third-order valence-electron chi connectivity index (χ3n) is 4.35. The number of sulfonamides is 1. The number of benzene rings is 1. The largest absolute Gasteiger partial charge is 0.481 e. The van der Waals surface area contributed by atoms with E-state index in [4.69, 9.17) is 5.11 Å². The molecule has 0 bridgehead atoms. The fraction of sp³-hybridized carbons (Fsp3) is 0.375. The molecule has 0 saturated heterocycles. The van der Waals surface area contributed by atoms with Crippen molar-refractivity contribution < 1.29 is 18.3 Å². The van der Waals surface area contributed by atoms with Gasteiger partial charge >= 0.3 is 5.97 Å². The molecule has 0 unspecified atom stereocenters. The molecule has 1 saturated carbocycles. The minimum atomic E-state index is -3.61. The van der Waals surface area contributed by atoms with Crippen molar-refractivity contribution in [1.29, 1.82) is 0 Å². The van der Waals surface area contributed by atoms with E-state index in [0.717, 1.165) is 5.69 Å². The van der Waals surface area contributed by atoms with Gasteiger partial charge in [-0.3, -0.25) is 4.79 Å². The van der Waals surface area contributed by atoms with Gasteiger partial charge in [-0.15, -0.1) is 0 Å². The SMILES string of the molecule is O=C(O)C1CCC(NS(=O)(=O)c2ccc(-n3ccnc3)cc2)CC1. The highest BCUT2D eigenvalue weighted by atomic mass is 32.2. The molecular formula is C16H19N3O4S. The smallest absolute Gasteiger partial charge is 0.306 e. The topological polar surface area (TPSA) is 101 Å². The number of imidazole rings is 1. The average molecular weight is 349 g/mol. The van der Waals surface area contributed by atoms with Gasteiger partial charge in [0.25, 0.3) is 0 Å². The van der Waals surface area contributed by atoms with Crippen LogP contribution in [0.2, 0.25) is 0 Å². The van der Waals surface area contributed by atoms with Crippen LogP contribution in [0.25, 0.3) is 5.69 Å². The molecular weight excluding hydrogens is 330 g/mol. The van der Waals surface area contributed by atoms with Crippen molar-refractivity contribution in [3.63, 3.8) is 0 Å². The van der Waals surface area contributed by atoms with Crippen LogP contribution in [-0.2, 0) is 14.8 Å². The zero-order valence-electron chi connectivity index (χ0n) is 13.0. The highest BCUT2D eigenvalue weighted by Crippen LogP contribution is 2.25. The zero-order chi connectivity index (χ0) is 17.2. The van der Waals surface area contributed by atoms with Gasteiger partial charge in [0.2, 0.25) is 10.0 Å². The first-order valence-electron chi connectivity index (χ1n) is 7.79. The van der Waals surface area contributed by atoms with Crippen LogP contribution in [0, 0.1) is 5.92 Å². The number of aliphatic carboxylic acids is 1. The maximum absolute atomic E-state index is 12.5. The summed E-state index contributed by atoms with van der Waals surface area (Å²) in [4.78, 5) is 15.1. The van der Waals surface area contributed by atoms with Gasteiger partial charge < -0.3 is 9.67 Å². The van der Waals surface area contributed by atoms with E-state index in [0.29, 0.717) is 25.7 Å². The van der Waals surface area contributed by atoms with Crippen molar-refractivity contribution in [2.45, 2.75) is 36.6 Å². The fourth-order valence-corrected chi connectivity index (χ4v) is 4.26. The Morgan fingerprint density at radius 1 is 1.17 bits per heavy atom. The number of carbonyl (C=O) groups is 1. The molecule has 0 radical (unpaired) electrons. The van der Waals surface area contributed by atoms with Crippen LogP contribution in [0.4, 0.5) is 0 Å². The summed E-state index contributed by atoms with van der Waals surface area (Å²) in [5, 5.41) is 8.99. The molecule has 8 heteroatoms. The molecule has 0 spiro atoms. The third kappa shape index (κ3) is 3.65. The Morgan fingerprint density at radius 2 is 1.83 bits per heavy atom. The molecule has 0 atom stereocenters.